The Morgan fingerprint density at radius 2 is 1.93 bits per heavy atom. The summed E-state index contributed by atoms with van der Waals surface area (Å²) >= 11 is 6.46. The Balaban J connectivity index is 0.00000420. The minimum atomic E-state index is -2.86. The van der Waals surface area contributed by atoms with Gasteiger partial charge < -0.3 is 10.6 Å². The lowest BCUT2D eigenvalue weighted by molar-refractivity contribution is 0.224. The first-order valence-corrected chi connectivity index (χ1v) is 12.3. The summed E-state index contributed by atoms with van der Waals surface area (Å²) in [5.74, 6) is 1.43. The zero-order chi connectivity index (χ0) is 20.6. The molecular weight excluding hydrogens is 523 g/mol. The van der Waals surface area contributed by atoms with Gasteiger partial charge in [0.1, 0.15) is 0 Å². The summed E-state index contributed by atoms with van der Waals surface area (Å²) < 4.78 is 23.3. The van der Waals surface area contributed by atoms with Crippen LogP contribution < -0.4 is 10.6 Å². The van der Waals surface area contributed by atoms with E-state index in [0.717, 1.165) is 42.6 Å². The van der Waals surface area contributed by atoms with Crippen molar-refractivity contribution in [1.29, 1.82) is 0 Å². The molecule has 1 aromatic carbocycles. The van der Waals surface area contributed by atoms with Crippen molar-refractivity contribution in [2.75, 3.05) is 44.2 Å². The van der Waals surface area contributed by atoms with E-state index < -0.39 is 9.84 Å². The zero-order valence-corrected chi connectivity index (χ0v) is 21.4. The maximum atomic E-state index is 11.7. The average Bonchev–Trinajstić information content (AvgIpc) is 3.02. The molecule has 0 spiro atoms. The molecule has 2 rings (SSSR count). The van der Waals surface area contributed by atoms with Crippen LogP contribution in [0, 0.1) is 5.92 Å². The minimum Gasteiger partial charge on any atom is -0.357 e. The van der Waals surface area contributed by atoms with Gasteiger partial charge in [0.2, 0.25) is 0 Å². The van der Waals surface area contributed by atoms with Gasteiger partial charge in [-0.3, -0.25) is 9.89 Å². The minimum absolute atomic E-state index is 0. The number of nitrogens with zero attached hydrogens (tertiary/aromatic N) is 2. The molecule has 0 bridgehead atoms. The Hall–Kier alpha value is -0.580. The Morgan fingerprint density at radius 3 is 2.48 bits per heavy atom. The fourth-order valence-electron chi connectivity index (χ4n) is 3.61. The van der Waals surface area contributed by atoms with Gasteiger partial charge in [-0.2, -0.15) is 0 Å². The number of nitrogens with one attached hydrogen (secondary N) is 2. The predicted molar refractivity (Wildman–Crippen MR) is 133 cm³/mol. The number of likely N-dealkylation sites (N-methyl/N-ethyl adjacent to an activating group) is 1. The smallest absolute Gasteiger partial charge is 0.191 e. The fourth-order valence-corrected chi connectivity index (χ4v) is 5.74. The molecule has 2 N–H and O–H groups in total. The van der Waals surface area contributed by atoms with Crippen molar-refractivity contribution in [2.45, 2.75) is 33.2 Å². The molecule has 1 heterocycles. The monoisotopic (exact) mass is 556 g/mol. The maximum Gasteiger partial charge on any atom is 0.191 e. The van der Waals surface area contributed by atoms with E-state index in [0.29, 0.717) is 18.8 Å². The van der Waals surface area contributed by atoms with E-state index in [4.69, 9.17) is 16.6 Å². The van der Waals surface area contributed by atoms with Crippen LogP contribution in [0.2, 0.25) is 5.02 Å². The summed E-state index contributed by atoms with van der Waals surface area (Å²) in [6.07, 6.45) is 0.719. The fraction of sp³-hybridized carbons (Fsp3) is 0.650. The van der Waals surface area contributed by atoms with Crippen molar-refractivity contribution in [3.8, 4) is 0 Å². The lowest BCUT2D eigenvalue weighted by atomic mass is 10.1. The van der Waals surface area contributed by atoms with Crippen LogP contribution in [0.25, 0.3) is 0 Å². The van der Waals surface area contributed by atoms with E-state index in [1.54, 1.807) is 0 Å². The number of halogens is 2. The molecule has 0 saturated carbocycles. The molecule has 9 heteroatoms. The van der Waals surface area contributed by atoms with Crippen LogP contribution in [0.5, 0.6) is 0 Å². The van der Waals surface area contributed by atoms with Crippen molar-refractivity contribution >= 4 is 51.4 Å². The van der Waals surface area contributed by atoms with E-state index in [1.165, 1.54) is 0 Å². The molecule has 6 nitrogen and oxygen atoms in total. The molecule has 2 unspecified atom stereocenters. The van der Waals surface area contributed by atoms with Gasteiger partial charge in [-0.25, -0.2) is 8.42 Å². The Kier molecular flexibility index (Phi) is 11.8. The standard InChI is InChI=1S/C20H33ClN4O2S.HI/c1-4-22-20(23-13-16-11-12-28(26,27)15-16)24-14-19(25(5-2)6-3)17-9-7-8-10-18(17)21;/h7-10,16,19H,4-6,11-15H2,1-3H3,(H2,22,23,24);1H. The highest BCUT2D eigenvalue weighted by Gasteiger charge is 2.27. The van der Waals surface area contributed by atoms with Gasteiger partial charge in [0, 0.05) is 18.1 Å². The molecule has 1 aromatic rings. The highest BCUT2D eigenvalue weighted by atomic mass is 127. The normalized spacial score (nSPS) is 19.6. The average molecular weight is 557 g/mol. The summed E-state index contributed by atoms with van der Waals surface area (Å²) in [5, 5.41) is 7.33. The molecule has 0 aromatic heterocycles. The summed E-state index contributed by atoms with van der Waals surface area (Å²) in [6.45, 7) is 10.1. The summed E-state index contributed by atoms with van der Waals surface area (Å²) in [7, 11) is -2.86. The van der Waals surface area contributed by atoms with Gasteiger partial charge in [-0.15, -0.1) is 24.0 Å². The van der Waals surface area contributed by atoms with Crippen LogP contribution in [0.15, 0.2) is 29.3 Å². The zero-order valence-electron chi connectivity index (χ0n) is 17.5. The summed E-state index contributed by atoms with van der Waals surface area (Å²) in [6, 6.07) is 8.01. The third kappa shape index (κ3) is 8.22. The lowest BCUT2D eigenvalue weighted by Crippen LogP contribution is -2.41. The number of hydrogen-bond acceptors (Lipinski definition) is 4. The van der Waals surface area contributed by atoms with Crippen LogP contribution in [-0.2, 0) is 9.84 Å². The number of aliphatic imine (C=N–C) groups is 1. The SMILES string of the molecule is CCNC(=NCC(c1ccccc1Cl)N(CC)CC)NCC1CCS(=O)(=O)C1.I. The van der Waals surface area contributed by atoms with Crippen LogP contribution in [-0.4, -0.2) is 63.5 Å². The Bertz CT molecular complexity index is 757. The molecule has 1 fully saturated rings. The van der Waals surface area contributed by atoms with Gasteiger partial charge >= 0.3 is 0 Å². The maximum absolute atomic E-state index is 11.7. The molecule has 0 radical (unpaired) electrons. The third-order valence-corrected chi connectivity index (χ3v) is 7.35. The second-order valence-electron chi connectivity index (χ2n) is 7.13. The highest BCUT2D eigenvalue weighted by molar-refractivity contribution is 14.0. The third-order valence-electron chi connectivity index (χ3n) is 5.17. The van der Waals surface area contributed by atoms with Crippen molar-refractivity contribution in [1.82, 2.24) is 15.5 Å². The number of sulfone groups is 1. The number of guanidine groups is 1. The molecule has 1 saturated heterocycles. The van der Waals surface area contributed by atoms with Gasteiger partial charge in [-0.05, 0) is 44.0 Å². The van der Waals surface area contributed by atoms with Crippen molar-refractivity contribution < 1.29 is 8.42 Å². The molecular formula is C20H34ClIN4O2S. The molecule has 166 valence electrons. The highest BCUT2D eigenvalue weighted by Crippen LogP contribution is 2.27. The number of hydrogen-bond donors (Lipinski definition) is 2. The van der Waals surface area contributed by atoms with E-state index in [9.17, 15) is 8.42 Å². The van der Waals surface area contributed by atoms with E-state index in [2.05, 4.69) is 35.4 Å². The largest absolute Gasteiger partial charge is 0.357 e. The van der Waals surface area contributed by atoms with E-state index >= 15 is 0 Å². The molecule has 1 aliphatic heterocycles. The second-order valence-corrected chi connectivity index (χ2v) is 9.76. The first kappa shape index (κ1) is 26.5. The van der Waals surface area contributed by atoms with Gasteiger partial charge in [-0.1, -0.05) is 43.6 Å². The Morgan fingerprint density at radius 1 is 1.24 bits per heavy atom. The second kappa shape index (κ2) is 13.0. The molecule has 0 aliphatic carbocycles. The molecule has 2 atom stereocenters. The van der Waals surface area contributed by atoms with Crippen molar-refractivity contribution in [3.63, 3.8) is 0 Å². The molecule has 1 aliphatic rings. The Labute approximate surface area is 197 Å². The van der Waals surface area contributed by atoms with Gasteiger partial charge in [0.15, 0.2) is 15.8 Å². The quantitative estimate of drug-likeness (QED) is 0.277. The topological polar surface area (TPSA) is 73.8 Å². The van der Waals surface area contributed by atoms with Crippen LogP contribution in [0.1, 0.15) is 38.8 Å². The van der Waals surface area contributed by atoms with E-state index in [1.807, 2.05) is 25.1 Å². The first-order valence-electron chi connectivity index (χ1n) is 10.1. The molecule has 0 amide bonds. The van der Waals surface area contributed by atoms with Gasteiger partial charge in [0.25, 0.3) is 0 Å². The molecule has 29 heavy (non-hydrogen) atoms. The summed E-state index contributed by atoms with van der Waals surface area (Å²) in [5.41, 5.74) is 1.08. The van der Waals surface area contributed by atoms with Crippen molar-refractivity contribution in [2.24, 2.45) is 10.9 Å². The number of rotatable bonds is 9. The van der Waals surface area contributed by atoms with Crippen molar-refractivity contribution in [3.05, 3.63) is 34.9 Å². The van der Waals surface area contributed by atoms with Crippen LogP contribution >= 0.6 is 35.6 Å². The predicted octanol–water partition coefficient (Wildman–Crippen LogP) is 3.33. The van der Waals surface area contributed by atoms with Crippen LogP contribution in [0.3, 0.4) is 0 Å². The van der Waals surface area contributed by atoms with Crippen LogP contribution in [0.4, 0.5) is 0 Å². The first-order chi connectivity index (χ1) is 13.4. The van der Waals surface area contributed by atoms with Gasteiger partial charge in [0.05, 0.1) is 24.1 Å². The summed E-state index contributed by atoms with van der Waals surface area (Å²) in [4.78, 5) is 7.14. The number of benzene rings is 1. The van der Waals surface area contributed by atoms with E-state index in [-0.39, 0.29) is 41.7 Å². The lowest BCUT2D eigenvalue weighted by Gasteiger charge is -2.29.